The summed E-state index contributed by atoms with van der Waals surface area (Å²) in [5.74, 6) is 0.801. The van der Waals surface area contributed by atoms with Gasteiger partial charge in [0.25, 0.3) is 5.91 Å². The van der Waals surface area contributed by atoms with E-state index in [2.05, 4.69) is 23.2 Å². The van der Waals surface area contributed by atoms with E-state index >= 15 is 0 Å². The molecule has 24 heavy (non-hydrogen) atoms. The van der Waals surface area contributed by atoms with Crippen molar-refractivity contribution >= 4 is 16.8 Å². The lowest BCUT2D eigenvalue weighted by Gasteiger charge is -2.29. The minimum Gasteiger partial charge on any atom is -0.496 e. The van der Waals surface area contributed by atoms with E-state index in [1.807, 2.05) is 36.1 Å². The van der Waals surface area contributed by atoms with Crippen molar-refractivity contribution < 1.29 is 9.53 Å². The van der Waals surface area contributed by atoms with Gasteiger partial charge < -0.3 is 14.6 Å². The summed E-state index contributed by atoms with van der Waals surface area (Å²) >= 11 is 0. The minimum absolute atomic E-state index is 0.0674. The molecule has 1 aliphatic heterocycles. The predicted octanol–water partition coefficient (Wildman–Crippen LogP) is 3.68. The number of nitrogens with zero attached hydrogens (tertiary/aromatic N) is 1. The van der Waals surface area contributed by atoms with Gasteiger partial charge in [-0.25, -0.2) is 0 Å². The van der Waals surface area contributed by atoms with E-state index in [1.54, 1.807) is 7.11 Å². The summed E-state index contributed by atoms with van der Waals surface area (Å²) in [7, 11) is 1.64. The maximum atomic E-state index is 13.2. The third-order valence-electron chi connectivity index (χ3n) is 4.83. The number of hydrogen-bond donors (Lipinski definition) is 1. The van der Waals surface area contributed by atoms with Crippen molar-refractivity contribution in [2.24, 2.45) is 0 Å². The summed E-state index contributed by atoms with van der Waals surface area (Å²) in [5, 5.41) is 0.876. The number of carbonyl (C=O) groups is 1. The van der Waals surface area contributed by atoms with Gasteiger partial charge in [0.1, 0.15) is 5.75 Å². The van der Waals surface area contributed by atoms with Crippen molar-refractivity contribution in [3.63, 3.8) is 0 Å². The van der Waals surface area contributed by atoms with Crippen molar-refractivity contribution in [3.8, 4) is 5.75 Å². The largest absolute Gasteiger partial charge is 0.496 e. The lowest BCUT2D eigenvalue weighted by Crippen LogP contribution is -2.36. The molecule has 2 heterocycles. The standard InChI is InChI=1S/C20H20N2O2/c1-13-18(19-16(21-13)8-5-9-17(19)24-2)20(23)22-11-10-14-6-3-4-7-15(14)12-22/h3-9,21H,10-12H2,1-2H3. The molecule has 4 heteroatoms. The number of aromatic nitrogens is 1. The molecule has 0 fully saturated rings. The zero-order chi connectivity index (χ0) is 16.7. The highest BCUT2D eigenvalue weighted by atomic mass is 16.5. The van der Waals surface area contributed by atoms with E-state index in [-0.39, 0.29) is 5.91 Å². The van der Waals surface area contributed by atoms with E-state index in [1.165, 1.54) is 11.1 Å². The van der Waals surface area contributed by atoms with E-state index in [9.17, 15) is 4.79 Å². The highest BCUT2D eigenvalue weighted by Crippen LogP contribution is 2.32. The molecule has 0 saturated heterocycles. The molecule has 3 aromatic rings. The second kappa shape index (κ2) is 5.71. The van der Waals surface area contributed by atoms with Crippen LogP contribution >= 0.6 is 0 Å². The van der Waals surface area contributed by atoms with E-state index in [4.69, 9.17) is 4.74 Å². The van der Waals surface area contributed by atoms with Gasteiger partial charge in [0.15, 0.2) is 0 Å². The van der Waals surface area contributed by atoms with Crippen LogP contribution in [0.2, 0.25) is 0 Å². The van der Waals surface area contributed by atoms with Gasteiger partial charge >= 0.3 is 0 Å². The van der Waals surface area contributed by atoms with Crippen molar-refractivity contribution in [1.82, 2.24) is 9.88 Å². The molecule has 122 valence electrons. The average molecular weight is 320 g/mol. The van der Waals surface area contributed by atoms with Crippen molar-refractivity contribution in [3.05, 3.63) is 64.8 Å². The summed E-state index contributed by atoms with van der Waals surface area (Å²) in [6.07, 6.45) is 0.903. The Bertz CT molecular complexity index is 927. The van der Waals surface area contributed by atoms with Crippen LogP contribution in [0.1, 0.15) is 27.2 Å². The number of benzene rings is 2. The monoisotopic (exact) mass is 320 g/mol. The molecule has 0 aliphatic carbocycles. The Labute approximate surface area is 141 Å². The van der Waals surface area contributed by atoms with Crippen LogP contribution in [0.3, 0.4) is 0 Å². The van der Waals surface area contributed by atoms with Gasteiger partial charge in [-0.15, -0.1) is 0 Å². The molecule has 0 bridgehead atoms. The Kier molecular flexibility index (Phi) is 3.53. The first-order valence-electron chi connectivity index (χ1n) is 8.20. The summed E-state index contributed by atoms with van der Waals surface area (Å²) in [5.41, 5.74) is 5.13. The van der Waals surface area contributed by atoms with Gasteiger partial charge in [0.2, 0.25) is 0 Å². The maximum Gasteiger partial charge on any atom is 0.256 e. The SMILES string of the molecule is COc1cccc2[nH]c(C)c(C(=O)N3CCc4ccccc4C3)c12. The number of H-pyrrole nitrogens is 1. The third kappa shape index (κ3) is 2.26. The number of aromatic amines is 1. The Balaban J connectivity index is 1.76. The zero-order valence-corrected chi connectivity index (χ0v) is 13.9. The van der Waals surface area contributed by atoms with Crippen LogP contribution in [0.25, 0.3) is 10.9 Å². The van der Waals surface area contributed by atoms with E-state index < -0.39 is 0 Å². The number of hydrogen-bond acceptors (Lipinski definition) is 2. The molecule has 0 atom stereocenters. The molecule has 0 saturated carbocycles. The lowest BCUT2D eigenvalue weighted by molar-refractivity contribution is 0.0736. The second-order valence-electron chi connectivity index (χ2n) is 6.25. The summed E-state index contributed by atoms with van der Waals surface area (Å²) < 4.78 is 5.48. The van der Waals surface area contributed by atoms with Crippen molar-refractivity contribution in [2.75, 3.05) is 13.7 Å². The number of amides is 1. The van der Waals surface area contributed by atoms with E-state index in [0.29, 0.717) is 6.54 Å². The predicted molar refractivity (Wildman–Crippen MR) is 94.5 cm³/mol. The van der Waals surface area contributed by atoms with Crippen LogP contribution in [0, 0.1) is 6.92 Å². The molecule has 0 unspecified atom stereocenters. The van der Waals surface area contributed by atoms with Crippen molar-refractivity contribution in [1.29, 1.82) is 0 Å². The van der Waals surface area contributed by atoms with Crippen LogP contribution in [-0.2, 0) is 13.0 Å². The highest BCUT2D eigenvalue weighted by Gasteiger charge is 2.26. The summed E-state index contributed by atoms with van der Waals surface area (Å²) in [6.45, 7) is 3.36. The molecule has 1 aromatic heterocycles. The Hall–Kier alpha value is -2.75. The van der Waals surface area contributed by atoms with Gasteiger partial charge in [0.05, 0.1) is 23.6 Å². The van der Waals surface area contributed by atoms with Gasteiger partial charge in [-0.05, 0) is 36.6 Å². The molecular formula is C20H20N2O2. The fraction of sp³-hybridized carbons (Fsp3) is 0.250. The third-order valence-corrected chi connectivity index (χ3v) is 4.83. The van der Waals surface area contributed by atoms with Crippen molar-refractivity contribution in [2.45, 2.75) is 19.9 Å². The molecule has 2 aromatic carbocycles. The molecule has 1 aliphatic rings. The maximum absolute atomic E-state index is 13.2. The zero-order valence-electron chi connectivity index (χ0n) is 13.9. The minimum atomic E-state index is 0.0674. The van der Waals surface area contributed by atoms with E-state index in [0.717, 1.165) is 40.9 Å². The first kappa shape index (κ1) is 14.8. The number of carbonyl (C=O) groups excluding carboxylic acids is 1. The average Bonchev–Trinajstić information content (AvgIpc) is 2.96. The lowest BCUT2D eigenvalue weighted by atomic mass is 9.99. The fourth-order valence-corrected chi connectivity index (χ4v) is 3.61. The molecule has 1 amide bonds. The Morgan fingerprint density at radius 3 is 2.71 bits per heavy atom. The number of aryl methyl sites for hydroxylation is 1. The summed E-state index contributed by atoms with van der Waals surface area (Å²) in [6, 6.07) is 14.2. The van der Waals surface area contributed by atoms with Gasteiger partial charge in [0, 0.05) is 18.8 Å². The topological polar surface area (TPSA) is 45.3 Å². The molecule has 0 radical (unpaired) electrons. The first-order chi connectivity index (χ1) is 11.7. The van der Waals surface area contributed by atoms with Gasteiger partial charge in [-0.1, -0.05) is 30.3 Å². The summed E-state index contributed by atoms with van der Waals surface area (Å²) in [4.78, 5) is 18.5. The Morgan fingerprint density at radius 1 is 1.12 bits per heavy atom. The highest BCUT2D eigenvalue weighted by molar-refractivity contribution is 6.10. The fourth-order valence-electron chi connectivity index (χ4n) is 3.61. The first-order valence-corrected chi connectivity index (χ1v) is 8.20. The number of fused-ring (bicyclic) bond motifs is 2. The van der Waals surface area contributed by atoms with Gasteiger partial charge in [-0.3, -0.25) is 4.79 Å². The van der Waals surface area contributed by atoms with Crippen LogP contribution in [0.5, 0.6) is 5.75 Å². The second-order valence-corrected chi connectivity index (χ2v) is 6.25. The van der Waals surface area contributed by atoms with Gasteiger partial charge in [-0.2, -0.15) is 0 Å². The molecule has 4 nitrogen and oxygen atoms in total. The Morgan fingerprint density at radius 2 is 1.92 bits per heavy atom. The molecule has 4 rings (SSSR count). The number of nitrogens with one attached hydrogen (secondary N) is 1. The number of ether oxygens (including phenoxy) is 1. The smallest absolute Gasteiger partial charge is 0.256 e. The number of methoxy groups -OCH3 is 1. The van der Waals surface area contributed by atoms with Crippen LogP contribution in [-0.4, -0.2) is 29.4 Å². The number of rotatable bonds is 2. The quantitative estimate of drug-likeness (QED) is 0.783. The van der Waals surface area contributed by atoms with Crippen LogP contribution in [0.4, 0.5) is 0 Å². The molecule has 0 spiro atoms. The normalized spacial score (nSPS) is 13.8. The molecule has 1 N–H and O–H groups in total. The van der Waals surface area contributed by atoms with Crippen LogP contribution in [0.15, 0.2) is 42.5 Å². The van der Waals surface area contributed by atoms with Crippen LogP contribution < -0.4 is 4.74 Å². The molecular weight excluding hydrogens is 300 g/mol.